The van der Waals surface area contributed by atoms with Gasteiger partial charge in [0.15, 0.2) is 0 Å². The highest BCUT2D eigenvalue weighted by molar-refractivity contribution is 5.95. The number of nitrogens with one attached hydrogen (secondary N) is 2. The molecule has 6 heteroatoms. The lowest BCUT2D eigenvalue weighted by molar-refractivity contribution is -0.136. The van der Waals surface area contributed by atoms with Crippen LogP contribution in [0.2, 0.25) is 0 Å². The Labute approximate surface area is 234 Å². The molecule has 3 aromatic rings. The summed E-state index contributed by atoms with van der Waals surface area (Å²) >= 11 is 0. The molecule has 6 rings (SSSR count). The summed E-state index contributed by atoms with van der Waals surface area (Å²) in [5.74, 6) is -0.307. The van der Waals surface area contributed by atoms with Crippen LogP contribution >= 0.6 is 0 Å². The van der Waals surface area contributed by atoms with E-state index in [0.29, 0.717) is 12.0 Å². The van der Waals surface area contributed by atoms with Gasteiger partial charge in [-0.05, 0) is 106 Å². The largest absolute Gasteiger partial charge is 0.466 e. The first kappa shape index (κ1) is 25.8. The number of nitrogens with zero attached hydrogens (tertiary/aromatic N) is 2. The Bertz CT molecular complexity index is 1910. The molecular formula is C34H34N4O2. The van der Waals surface area contributed by atoms with Crippen LogP contribution in [-0.4, -0.2) is 33.0 Å². The van der Waals surface area contributed by atoms with E-state index in [9.17, 15) is 4.79 Å². The van der Waals surface area contributed by atoms with E-state index in [4.69, 9.17) is 14.7 Å². The number of aryl methyl sites for hydroxylation is 3. The predicted octanol–water partition coefficient (Wildman–Crippen LogP) is 7.68. The maximum atomic E-state index is 12.5. The number of fused-ring (bicyclic) bond motifs is 11. The summed E-state index contributed by atoms with van der Waals surface area (Å²) in [5.41, 5.74) is 15.7. The fourth-order valence-electron chi connectivity index (χ4n) is 6.10. The third-order valence-electron chi connectivity index (χ3n) is 9.03. The number of aromatic amines is 2. The van der Waals surface area contributed by atoms with Gasteiger partial charge >= 0.3 is 5.97 Å². The van der Waals surface area contributed by atoms with Gasteiger partial charge in [0.2, 0.25) is 0 Å². The maximum Gasteiger partial charge on any atom is 0.333 e. The molecule has 0 unspecified atom stereocenters. The van der Waals surface area contributed by atoms with E-state index in [-0.39, 0.29) is 5.97 Å². The third kappa shape index (κ3) is 3.74. The summed E-state index contributed by atoms with van der Waals surface area (Å²) < 4.78 is 5.08. The van der Waals surface area contributed by atoms with Crippen molar-refractivity contribution in [3.8, 4) is 0 Å². The number of allylic oxidation sites excluding steroid dienone is 5. The molecule has 8 bridgehead atoms. The van der Waals surface area contributed by atoms with Gasteiger partial charge in [-0.25, -0.2) is 9.78 Å². The Morgan fingerprint density at radius 2 is 1.43 bits per heavy atom. The number of ether oxygens (including phenoxy) is 1. The number of carbonyl (C=O) groups excluding carboxylic acids is 1. The molecule has 3 aliphatic rings. The molecule has 0 aromatic carbocycles. The second kappa shape index (κ2) is 9.05. The summed E-state index contributed by atoms with van der Waals surface area (Å²) in [6.07, 6.45) is 6.29. The van der Waals surface area contributed by atoms with E-state index in [0.717, 1.165) is 78.3 Å². The van der Waals surface area contributed by atoms with Crippen LogP contribution in [0.3, 0.4) is 0 Å². The second-order valence-corrected chi connectivity index (χ2v) is 11.3. The van der Waals surface area contributed by atoms with Crippen LogP contribution in [0.15, 0.2) is 48.6 Å². The molecular weight excluding hydrogens is 496 g/mol. The molecule has 6 nitrogen and oxygen atoms in total. The third-order valence-corrected chi connectivity index (χ3v) is 9.03. The molecule has 0 saturated carbocycles. The van der Waals surface area contributed by atoms with Gasteiger partial charge in [0.1, 0.15) is 0 Å². The highest BCUT2D eigenvalue weighted by atomic mass is 16.5. The number of H-pyrrole nitrogens is 2. The number of rotatable bonds is 2. The van der Waals surface area contributed by atoms with Crippen molar-refractivity contribution in [3.63, 3.8) is 0 Å². The first-order valence-corrected chi connectivity index (χ1v) is 13.6. The zero-order valence-electron chi connectivity index (χ0n) is 24.2. The van der Waals surface area contributed by atoms with Gasteiger partial charge in [-0.15, -0.1) is 0 Å². The topological polar surface area (TPSA) is 83.7 Å². The van der Waals surface area contributed by atoms with Crippen molar-refractivity contribution in [1.82, 2.24) is 19.9 Å². The molecule has 0 saturated heterocycles. The smallest absolute Gasteiger partial charge is 0.333 e. The molecule has 0 amide bonds. The molecule has 0 fully saturated rings. The molecule has 1 atom stereocenters. The van der Waals surface area contributed by atoms with Gasteiger partial charge in [-0.3, -0.25) is 4.98 Å². The normalized spacial score (nSPS) is 18.3. The number of hydrogen-bond acceptors (Lipinski definition) is 4. The molecule has 2 aliphatic heterocycles. The fourth-order valence-corrected chi connectivity index (χ4v) is 6.10. The van der Waals surface area contributed by atoms with E-state index < -0.39 is 5.41 Å². The van der Waals surface area contributed by atoms with Gasteiger partial charge in [-0.2, -0.15) is 0 Å². The van der Waals surface area contributed by atoms with Crippen LogP contribution in [0.5, 0.6) is 0 Å². The second-order valence-electron chi connectivity index (χ2n) is 11.3. The molecule has 5 heterocycles. The van der Waals surface area contributed by atoms with Crippen LogP contribution in [0, 0.1) is 20.8 Å². The van der Waals surface area contributed by atoms with Gasteiger partial charge < -0.3 is 14.7 Å². The van der Waals surface area contributed by atoms with E-state index in [1.54, 1.807) is 0 Å². The molecule has 202 valence electrons. The molecule has 2 N–H and O–H groups in total. The number of carbonyl (C=O) groups is 1. The van der Waals surface area contributed by atoms with Crippen LogP contribution < -0.4 is 0 Å². The van der Waals surface area contributed by atoms with Gasteiger partial charge in [0, 0.05) is 38.6 Å². The number of methoxy groups -OCH3 is 1. The van der Waals surface area contributed by atoms with E-state index in [1.807, 2.05) is 18.2 Å². The highest BCUT2D eigenvalue weighted by Gasteiger charge is 2.42. The minimum atomic E-state index is -0.487. The predicted molar refractivity (Wildman–Crippen MR) is 164 cm³/mol. The van der Waals surface area contributed by atoms with E-state index >= 15 is 0 Å². The number of esters is 1. The first-order chi connectivity index (χ1) is 19.0. The lowest BCUT2D eigenvalue weighted by atomic mass is 9.72. The van der Waals surface area contributed by atoms with Crippen LogP contribution in [0.4, 0.5) is 0 Å². The van der Waals surface area contributed by atoms with E-state index in [2.05, 4.69) is 82.4 Å². The quantitative estimate of drug-likeness (QED) is 0.333. The Hall–Kier alpha value is -4.45. The zero-order valence-corrected chi connectivity index (χ0v) is 24.2. The Balaban J connectivity index is 1.77. The number of aromatic nitrogens is 4. The van der Waals surface area contributed by atoms with Crippen molar-refractivity contribution in [2.45, 2.75) is 53.4 Å². The molecule has 0 spiro atoms. The van der Waals surface area contributed by atoms with E-state index in [1.165, 1.54) is 12.7 Å². The average Bonchev–Trinajstić information content (AvgIpc) is 3.57. The van der Waals surface area contributed by atoms with Crippen LogP contribution in [0.1, 0.15) is 72.2 Å². The lowest BCUT2D eigenvalue weighted by Gasteiger charge is -2.29. The van der Waals surface area contributed by atoms with Crippen molar-refractivity contribution in [2.75, 3.05) is 7.11 Å². The molecule has 3 aromatic heterocycles. The summed E-state index contributed by atoms with van der Waals surface area (Å²) in [6.45, 7) is 16.9. The minimum Gasteiger partial charge on any atom is -0.466 e. The monoisotopic (exact) mass is 530 g/mol. The summed E-state index contributed by atoms with van der Waals surface area (Å²) in [7, 11) is 1.43. The SMILES string of the molecule is C=Cc1c(C)c2cc3nc(cc4[nH]c(cc5nc(cc1[nH]2)C(C)=C5C)c(C)c4C)[C@]1(C)CC(C(=O)OC)=CC=C31. The summed E-state index contributed by atoms with van der Waals surface area (Å²) in [4.78, 5) is 30.0. The summed E-state index contributed by atoms with van der Waals surface area (Å²) in [6, 6.07) is 8.50. The highest BCUT2D eigenvalue weighted by Crippen LogP contribution is 2.48. The van der Waals surface area contributed by atoms with Crippen molar-refractivity contribution in [2.24, 2.45) is 0 Å². The van der Waals surface area contributed by atoms with Gasteiger partial charge in [-0.1, -0.05) is 24.8 Å². The lowest BCUT2D eigenvalue weighted by Crippen LogP contribution is -2.25. The van der Waals surface area contributed by atoms with Crippen molar-refractivity contribution in [1.29, 1.82) is 0 Å². The Morgan fingerprint density at radius 3 is 2.08 bits per heavy atom. The van der Waals surface area contributed by atoms with Gasteiger partial charge in [0.05, 0.1) is 29.9 Å². The average molecular weight is 531 g/mol. The van der Waals surface area contributed by atoms with Crippen LogP contribution in [-0.2, 0) is 14.9 Å². The van der Waals surface area contributed by atoms with Crippen LogP contribution in [0.25, 0.3) is 44.9 Å². The first-order valence-electron chi connectivity index (χ1n) is 13.6. The minimum absolute atomic E-state index is 0.307. The van der Waals surface area contributed by atoms with Crippen molar-refractivity contribution < 1.29 is 9.53 Å². The summed E-state index contributed by atoms with van der Waals surface area (Å²) in [5, 5.41) is 0. The standard InChI is InChI=1S/C34H34N4O2/c1-9-23-21(6)28-14-31-24-11-10-22(33(39)40-8)16-34(24,7)32(38-31)15-29-20(5)19(4)26(36-29)12-25-17(2)18(3)27(35-25)13-30(23)37-28/h9-15,36-37H,1,16H2,2-8H3/t34-/m1/s1. The molecule has 0 radical (unpaired) electrons. The molecule has 40 heavy (non-hydrogen) atoms. The zero-order chi connectivity index (χ0) is 28.5. The Morgan fingerprint density at radius 1 is 0.850 bits per heavy atom. The number of hydrogen-bond donors (Lipinski definition) is 2. The maximum absolute atomic E-state index is 12.5. The van der Waals surface area contributed by atoms with Crippen molar-refractivity contribution >= 4 is 50.8 Å². The Kier molecular flexibility index (Phi) is 5.84. The molecule has 1 aliphatic carbocycles. The fraction of sp³-hybridized carbons (Fsp3) is 0.265. The van der Waals surface area contributed by atoms with Crippen molar-refractivity contribution in [3.05, 3.63) is 93.6 Å². The van der Waals surface area contributed by atoms with Gasteiger partial charge in [0.25, 0.3) is 0 Å².